The standard InChI is InChI=1S/C16H25N3O4S/c1-2-23-14-5-7-15(8-6-14)24(21,22)18-11-9-16(20)19-13-4-3-10-17-12-13/h5-8,13,17-18H,2-4,9-12H2,1H3,(H,19,20). The Kier molecular flexibility index (Phi) is 7.01. The second-order valence-corrected chi connectivity index (χ2v) is 7.43. The van der Waals surface area contributed by atoms with E-state index in [4.69, 9.17) is 4.74 Å². The van der Waals surface area contributed by atoms with Gasteiger partial charge in [0.25, 0.3) is 0 Å². The quantitative estimate of drug-likeness (QED) is 0.635. The Morgan fingerprint density at radius 3 is 2.71 bits per heavy atom. The molecule has 3 N–H and O–H groups in total. The molecule has 1 aromatic rings. The molecule has 0 bridgehead atoms. The van der Waals surface area contributed by atoms with Crippen LogP contribution in [-0.4, -0.2) is 46.6 Å². The average Bonchev–Trinajstić information content (AvgIpc) is 2.56. The van der Waals surface area contributed by atoms with Gasteiger partial charge in [0.05, 0.1) is 11.5 Å². The van der Waals surface area contributed by atoms with E-state index in [1.807, 2.05) is 6.92 Å². The Hall–Kier alpha value is -1.64. The molecule has 1 fully saturated rings. The van der Waals surface area contributed by atoms with E-state index in [1.165, 1.54) is 12.1 Å². The molecule has 1 aromatic carbocycles. The van der Waals surface area contributed by atoms with Gasteiger partial charge in [-0.1, -0.05) is 0 Å². The molecule has 8 heteroatoms. The summed E-state index contributed by atoms with van der Waals surface area (Å²) in [6.07, 6.45) is 2.11. The third-order valence-electron chi connectivity index (χ3n) is 3.75. The normalized spacial score (nSPS) is 18.1. The Balaban J connectivity index is 1.78. The zero-order chi connectivity index (χ0) is 17.4. The maximum atomic E-state index is 12.2. The number of rotatable bonds is 8. The molecule has 0 saturated carbocycles. The number of hydrogen-bond donors (Lipinski definition) is 3. The molecule has 0 aliphatic carbocycles. The third kappa shape index (κ3) is 5.77. The van der Waals surface area contributed by atoms with Crippen molar-refractivity contribution in [1.82, 2.24) is 15.4 Å². The minimum atomic E-state index is -3.62. The summed E-state index contributed by atoms with van der Waals surface area (Å²) in [7, 11) is -3.62. The topological polar surface area (TPSA) is 96.5 Å². The second-order valence-electron chi connectivity index (χ2n) is 5.66. The van der Waals surface area contributed by atoms with E-state index in [0.717, 1.165) is 25.9 Å². The first-order valence-corrected chi connectivity index (χ1v) is 9.72. The van der Waals surface area contributed by atoms with Crippen LogP contribution in [0.15, 0.2) is 29.2 Å². The highest BCUT2D eigenvalue weighted by atomic mass is 32.2. The monoisotopic (exact) mass is 355 g/mol. The lowest BCUT2D eigenvalue weighted by Gasteiger charge is -2.23. The zero-order valence-electron chi connectivity index (χ0n) is 13.9. The van der Waals surface area contributed by atoms with E-state index in [2.05, 4.69) is 15.4 Å². The van der Waals surface area contributed by atoms with Crippen molar-refractivity contribution in [2.45, 2.75) is 37.1 Å². The molecule has 1 unspecified atom stereocenters. The molecule has 0 radical (unpaired) electrons. The van der Waals surface area contributed by atoms with Gasteiger partial charge in [-0.25, -0.2) is 13.1 Å². The zero-order valence-corrected chi connectivity index (χ0v) is 14.7. The number of benzene rings is 1. The number of amides is 1. The molecular weight excluding hydrogens is 330 g/mol. The lowest BCUT2D eigenvalue weighted by molar-refractivity contribution is -0.121. The molecule has 1 aliphatic rings. The van der Waals surface area contributed by atoms with Gasteiger partial charge >= 0.3 is 0 Å². The van der Waals surface area contributed by atoms with Gasteiger partial charge in [0, 0.05) is 25.6 Å². The van der Waals surface area contributed by atoms with Crippen molar-refractivity contribution in [3.8, 4) is 5.75 Å². The molecule has 0 aromatic heterocycles. The van der Waals surface area contributed by atoms with Crippen LogP contribution in [0.5, 0.6) is 5.75 Å². The van der Waals surface area contributed by atoms with Crippen LogP contribution in [-0.2, 0) is 14.8 Å². The smallest absolute Gasteiger partial charge is 0.240 e. The van der Waals surface area contributed by atoms with Crippen molar-refractivity contribution in [2.75, 3.05) is 26.2 Å². The van der Waals surface area contributed by atoms with Crippen molar-refractivity contribution in [1.29, 1.82) is 0 Å². The fraction of sp³-hybridized carbons (Fsp3) is 0.562. The number of carbonyl (C=O) groups excluding carboxylic acids is 1. The average molecular weight is 355 g/mol. The van der Waals surface area contributed by atoms with E-state index in [0.29, 0.717) is 12.4 Å². The van der Waals surface area contributed by atoms with Crippen LogP contribution in [0.1, 0.15) is 26.2 Å². The summed E-state index contributed by atoms with van der Waals surface area (Å²) in [5.74, 6) is 0.481. The highest BCUT2D eigenvalue weighted by Crippen LogP contribution is 2.15. The lowest BCUT2D eigenvalue weighted by atomic mass is 10.1. The van der Waals surface area contributed by atoms with E-state index < -0.39 is 10.0 Å². The molecule has 7 nitrogen and oxygen atoms in total. The van der Waals surface area contributed by atoms with Gasteiger partial charge < -0.3 is 15.4 Å². The van der Waals surface area contributed by atoms with Gasteiger partial charge in [0.1, 0.15) is 5.75 Å². The van der Waals surface area contributed by atoms with Crippen LogP contribution in [0.4, 0.5) is 0 Å². The molecule has 1 saturated heterocycles. The van der Waals surface area contributed by atoms with Crippen LogP contribution >= 0.6 is 0 Å². The summed E-state index contributed by atoms with van der Waals surface area (Å²) >= 11 is 0. The molecule has 0 spiro atoms. The Bertz CT molecular complexity index is 625. The molecule has 1 heterocycles. The van der Waals surface area contributed by atoms with Crippen LogP contribution in [0.3, 0.4) is 0 Å². The predicted molar refractivity (Wildman–Crippen MR) is 91.5 cm³/mol. The van der Waals surface area contributed by atoms with Crippen LogP contribution in [0.2, 0.25) is 0 Å². The number of sulfonamides is 1. The first-order chi connectivity index (χ1) is 11.5. The van der Waals surface area contributed by atoms with E-state index >= 15 is 0 Å². The summed E-state index contributed by atoms with van der Waals surface area (Å²) < 4.78 is 32.1. The minimum Gasteiger partial charge on any atom is -0.494 e. The van der Waals surface area contributed by atoms with Gasteiger partial charge in [0.2, 0.25) is 15.9 Å². The van der Waals surface area contributed by atoms with E-state index in [9.17, 15) is 13.2 Å². The number of ether oxygens (including phenoxy) is 1. The van der Waals surface area contributed by atoms with Crippen molar-refractivity contribution < 1.29 is 17.9 Å². The Morgan fingerprint density at radius 2 is 2.08 bits per heavy atom. The molecule has 2 rings (SSSR count). The Morgan fingerprint density at radius 1 is 1.33 bits per heavy atom. The molecule has 24 heavy (non-hydrogen) atoms. The molecule has 1 amide bonds. The van der Waals surface area contributed by atoms with Gasteiger partial charge in [-0.05, 0) is 50.6 Å². The lowest BCUT2D eigenvalue weighted by Crippen LogP contribution is -2.46. The van der Waals surface area contributed by atoms with Gasteiger partial charge in [-0.15, -0.1) is 0 Å². The van der Waals surface area contributed by atoms with Gasteiger partial charge in [-0.3, -0.25) is 4.79 Å². The SMILES string of the molecule is CCOc1ccc(S(=O)(=O)NCCC(=O)NC2CCCNC2)cc1. The molecule has 134 valence electrons. The van der Waals surface area contributed by atoms with Crippen molar-refractivity contribution in [2.24, 2.45) is 0 Å². The summed E-state index contributed by atoms with van der Waals surface area (Å²) in [5.41, 5.74) is 0. The van der Waals surface area contributed by atoms with Crippen molar-refractivity contribution in [3.63, 3.8) is 0 Å². The molecule has 1 aliphatic heterocycles. The van der Waals surface area contributed by atoms with Gasteiger partial charge in [0.15, 0.2) is 0 Å². The van der Waals surface area contributed by atoms with Gasteiger partial charge in [-0.2, -0.15) is 0 Å². The highest BCUT2D eigenvalue weighted by Gasteiger charge is 2.17. The number of piperidine rings is 1. The summed E-state index contributed by atoms with van der Waals surface area (Å²) in [6.45, 7) is 4.20. The van der Waals surface area contributed by atoms with Crippen LogP contribution < -0.4 is 20.1 Å². The summed E-state index contributed by atoms with van der Waals surface area (Å²) in [6, 6.07) is 6.33. The predicted octanol–water partition coefficient (Wildman–Crippen LogP) is 0.622. The fourth-order valence-corrected chi connectivity index (χ4v) is 3.57. The van der Waals surface area contributed by atoms with Crippen LogP contribution in [0.25, 0.3) is 0 Å². The maximum Gasteiger partial charge on any atom is 0.240 e. The third-order valence-corrected chi connectivity index (χ3v) is 5.23. The van der Waals surface area contributed by atoms with E-state index in [-0.39, 0.29) is 29.8 Å². The maximum absolute atomic E-state index is 12.2. The van der Waals surface area contributed by atoms with Crippen molar-refractivity contribution >= 4 is 15.9 Å². The second kappa shape index (κ2) is 9.00. The minimum absolute atomic E-state index is 0.0710. The summed E-state index contributed by atoms with van der Waals surface area (Å²) in [4.78, 5) is 12.0. The first-order valence-electron chi connectivity index (χ1n) is 8.24. The van der Waals surface area contributed by atoms with Crippen molar-refractivity contribution in [3.05, 3.63) is 24.3 Å². The summed E-state index contributed by atoms with van der Waals surface area (Å²) in [5, 5.41) is 6.13. The first kappa shape index (κ1) is 18.7. The molecular formula is C16H25N3O4S. The number of hydrogen-bond acceptors (Lipinski definition) is 5. The molecule has 1 atom stereocenters. The van der Waals surface area contributed by atoms with E-state index in [1.54, 1.807) is 12.1 Å². The largest absolute Gasteiger partial charge is 0.494 e. The van der Waals surface area contributed by atoms with Crippen LogP contribution in [0, 0.1) is 0 Å². The number of nitrogens with one attached hydrogen (secondary N) is 3. The fourth-order valence-electron chi connectivity index (χ4n) is 2.54. The highest BCUT2D eigenvalue weighted by molar-refractivity contribution is 7.89. The Labute approximate surface area is 143 Å². The number of carbonyl (C=O) groups is 1.